The Kier molecular flexibility index (Phi) is 6.62. The van der Waals surface area contributed by atoms with E-state index in [-0.39, 0.29) is 5.75 Å². The molecule has 25 heavy (non-hydrogen) atoms. The number of nitrogens with zero attached hydrogens (tertiary/aromatic N) is 2. The third-order valence-corrected chi connectivity index (χ3v) is 5.47. The van der Waals surface area contributed by atoms with Crippen LogP contribution in [0, 0.1) is 5.92 Å². The summed E-state index contributed by atoms with van der Waals surface area (Å²) in [4.78, 5) is 4.96. The highest BCUT2D eigenvalue weighted by Gasteiger charge is 2.28. The van der Waals surface area contributed by atoms with Crippen molar-refractivity contribution in [3.05, 3.63) is 29.8 Å². The van der Waals surface area contributed by atoms with E-state index >= 15 is 0 Å². The van der Waals surface area contributed by atoms with Gasteiger partial charge in [0.15, 0.2) is 0 Å². The zero-order chi connectivity index (χ0) is 17.6. The van der Waals surface area contributed by atoms with Crippen LogP contribution < -0.4 is 4.74 Å². The molecule has 140 valence electrons. The Bertz CT molecular complexity index is 530. The van der Waals surface area contributed by atoms with Gasteiger partial charge in [-0.2, -0.15) is 8.78 Å². The first-order valence-electron chi connectivity index (χ1n) is 9.20. The van der Waals surface area contributed by atoms with Gasteiger partial charge in [0.2, 0.25) is 0 Å². The van der Waals surface area contributed by atoms with Crippen LogP contribution in [-0.4, -0.2) is 61.8 Å². The molecule has 1 aromatic rings. The van der Waals surface area contributed by atoms with Gasteiger partial charge in [-0.25, -0.2) is 0 Å². The van der Waals surface area contributed by atoms with E-state index in [0.717, 1.165) is 57.4 Å². The largest absolute Gasteiger partial charge is 0.435 e. The number of morpholine rings is 1. The van der Waals surface area contributed by atoms with E-state index in [1.165, 1.54) is 12.8 Å². The maximum atomic E-state index is 12.3. The lowest BCUT2D eigenvalue weighted by molar-refractivity contribution is -0.0499. The van der Waals surface area contributed by atoms with E-state index in [1.54, 1.807) is 18.2 Å². The molecule has 0 bridgehead atoms. The average molecular weight is 354 g/mol. The maximum Gasteiger partial charge on any atom is 0.387 e. The van der Waals surface area contributed by atoms with E-state index in [2.05, 4.69) is 21.5 Å². The molecule has 2 fully saturated rings. The van der Waals surface area contributed by atoms with Crippen LogP contribution in [0.4, 0.5) is 8.78 Å². The molecule has 6 heteroatoms. The second kappa shape index (κ2) is 8.92. The first-order valence-corrected chi connectivity index (χ1v) is 9.20. The molecule has 4 nitrogen and oxygen atoms in total. The molecule has 0 N–H and O–H groups in total. The smallest absolute Gasteiger partial charge is 0.387 e. The molecule has 1 aromatic carbocycles. The number of hydrogen-bond donors (Lipinski definition) is 0. The highest BCUT2D eigenvalue weighted by atomic mass is 19.3. The topological polar surface area (TPSA) is 24.9 Å². The van der Waals surface area contributed by atoms with Gasteiger partial charge in [-0.3, -0.25) is 9.80 Å². The quantitative estimate of drug-likeness (QED) is 0.783. The van der Waals surface area contributed by atoms with Crippen molar-refractivity contribution in [2.45, 2.75) is 39.0 Å². The number of rotatable bonds is 6. The van der Waals surface area contributed by atoms with Crippen LogP contribution in [0.2, 0.25) is 0 Å². The first kappa shape index (κ1) is 18.5. The van der Waals surface area contributed by atoms with Gasteiger partial charge in [0.25, 0.3) is 0 Å². The number of ether oxygens (including phenoxy) is 2. The molecule has 0 unspecified atom stereocenters. The molecular formula is C19H28F2N2O2. The molecule has 2 heterocycles. The Labute approximate surface area is 148 Å². The van der Waals surface area contributed by atoms with Gasteiger partial charge in [-0.1, -0.05) is 12.1 Å². The SMILES string of the molecule is C[C@@H](C1CCN(Cc2cccc(OC(F)F)c2)CC1)N1CCOCC1. The maximum absolute atomic E-state index is 12.3. The minimum atomic E-state index is -2.77. The van der Waals surface area contributed by atoms with Crippen LogP contribution in [0.15, 0.2) is 24.3 Å². The summed E-state index contributed by atoms with van der Waals surface area (Å²) in [5, 5.41) is 0. The third kappa shape index (κ3) is 5.36. The fourth-order valence-electron chi connectivity index (χ4n) is 3.95. The van der Waals surface area contributed by atoms with E-state index < -0.39 is 6.61 Å². The van der Waals surface area contributed by atoms with E-state index in [9.17, 15) is 8.78 Å². The third-order valence-electron chi connectivity index (χ3n) is 5.47. The van der Waals surface area contributed by atoms with Gasteiger partial charge >= 0.3 is 6.61 Å². The van der Waals surface area contributed by atoms with Crippen molar-refractivity contribution in [2.75, 3.05) is 39.4 Å². The first-order chi connectivity index (χ1) is 12.1. The fraction of sp³-hybridized carbons (Fsp3) is 0.684. The lowest BCUT2D eigenvalue weighted by Crippen LogP contribution is -2.48. The number of benzene rings is 1. The van der Waals surface area contributed by atoms with Crippen LogP contribution in [0.1, 0.15) is 25.3 Å². The van der Waals surface area contributed by atoms with Crippen LogP contribution in [0.25, 0.3) is 0 Å². The summed E-state index contributed by atoms with van der Waals surface area (Å²) in [5.74, 6) is 0.964. The fourth-order valence-corrected chi connectivity index (χ4v) is 3.95. The van der Waals surface area contributed by atoms with Crippen LogP contribution in [0.5, 0.6) is 5.75 Å². The number of hydrogen-bond acceptors (Lipinski definition) is 4. The average Bonchev–Trinajstić information content (AvgIpc) is 2.62. The van der Waals surface area contributed by atoms with Crippen molar-refractivity contribution < 1.29 is 18.3 Å². The van der Waals surface area contributed by atoms with Crippen LogP contribution in [0.3, 0.4) is 0 Å². The second-order valence-corrected chi connectivity index (χ2v) is 7.03. The van der Waals surface area contributed by atoms with Crippen molar-refractivity contribution in [3.8, 4) is 5.75 Å². The zero-order valence-electron chi connectivity index (χ0n) is 14.9. The van der Waals surface area contributed by atoms with Gasteiger partial charge < -0.3 is 9.47 Å². The highest BCUT2D eigenvalue weighted by Crippen LogP contribution is 2.26. The minimum absolute atomic E-state index is 0.239. The van der Waals surface area contributed by atoms with Gasteiger partial charge in [-0.05, 0) is 56.5 Å². The van der Waals surface area contributed by atoms with Crippen LogP contribution in [-0.2, 0) is 11.3 Å². The second-order valence-electron chi connectivity index (χ2n) is 7.03. The molecule has 0 aromatic heterocycles. The summed E-state index contributed by atoms with van der Waals surface area (Å²) >= 11 is 0. The van der Waals surface area contributed by atoms with Gasteiger partial charge in [0.05, 0.1) is 13.2 Å². The molecule has 0 saturated carbocycles. The number of piperidine rings is 1. The molecule has 0 radical (unpaired) electrons. The minimum Gasteiger partial charge on any atom is -0.435 e. The monoisotopic (exact) mass is 354 g/mol. The predicted octanol–water partition coefficient (Wildman–Crippen LogP) is 3.22. The summed E-state index contributed by atoms with van der Waals surface area (Å²) in [6.07, 6.45) is 2.37. The molecule has 2 saturated heterocycles. The molecule has 0 amide bonds. The number of likely N-dealkylation sites (tertiary alicyclic amines) is 1. The van der Waals surface area contributed by atoms with Gasteiger partial charge in [0, 0.05) is 25.7 Å². The molecule has 3 rings (SSSR count). The van der Waals surface area contributed by atoms with Crippen molar-refractivity contribution in [2.24, 2.45) is 5.92 Å². The van der Waals surface area contributed by atoms with Crippen molar-refractivity contribution in [1.82, 2.24) is 9.80 Å². The Morgan fingerprint density at radius 3 is 2.56 bits per heavy atom. The molecule has 0 aliphatic carbocycles. The molecular weight excluding hydrogens is 326 g/mol. The highest BCUT2D eigenvalue weighted by molar-refractivity contribution is 5.28. The van der Waals surface area contributed by atoms with Crippen LogP contribution >= 0.6 is 0 Å². The Morgan fingerprint density at radius 2 is 1.88 bits per heavy atom. The van der Waals surface area contributed by atoms with Gasteiger partial charge in [-0.15, -0.1) is 0 Å². The zero-order valence-corrected chi connectivity index (χ0v) is 14.9. The Morgan fingerprint density at radius 1 is 1.16 bits per heavy atom. The van der Waals surface area contributed by atoms with E-state index in [4.69, 9.17) is 4.74 Å². The standard InChI is InChI=1S/C19H28F2N2O2/c1-15(23-9-11-24-12-10-23)17-5-7-22(8-6-17)14-16-3-2-4-18(13-16)25-19(20)21/h2-4,13,15,17,19H,5-12,14H2,1H3/t15-/m0/s1. The van der Waals surface area contributed by atoms with Crippen molar-refractivity contribution >= 4 is 0 Å². The summed E-state index contributed by atoms with van der Waals surface area (Å²) in [7, 11) is 0. The lowest BCUT2D eigenvalue weighted by Gasteiger charge is -2.41. The van der Waals surface area contributed by atoms with E-state index in [0.29, 0.717) is 6.04 Å². The molecule has 1 atom stereocenters. The van der Waals surface area contributed by atoms with E-state index in [1.807, 2.05) is 6.07 Å². The molecule has 0 spiro atoms. The Balaban J connectivity index is 1.47. The normalized spacial score (nSPS) is 22.2. The predicted molar refractivity (Wildman–Crippen MR) is 92.9 cm³/mol. The number of halogens is 2. The Hall–Kier alpha value is -1.24. The molecule has 2 aliphatic rings. The van der Waals surface area contributed by atoms with Gasteiger partial charge in [0.1, 0.15) is 5.75 Å². The van der Waals surface area contributed by atoms with Crippen molar-refractivity contribution in [3.63, 3.8) is 0 Å². The molecule has 2 aliphatic heterocycles. The summed E-state index contributed by atoms with van der Waals surface area (Å²) in [6, 6.07) is 7.65. The summed E-state index contributed by atoms with van der Waals surface area (Å²) < 4.78 is 34.6. The number of alkyl halides is 2. The van der Waals surface area contributed by atoms with Crippen molar-refractivity contribution in [1.29, 1.82) is 0 Å². The summed E-state index contributed by atoms with van der Waals surface area (Å²) in [6.45, 7) is 6.25. The summed E-state index contributed by atoms with van der Waals surface area (Å²) in [5.41, 5.74) is 1.03. The lowest BCUT2D eigenvalue weighted by atomic mass is 9.89.